The van der Waals surface area contributed by atoms with Gasteiger partial charge in [-0.05, 0) is 49.4 Å². The highest BCUT2D eigenvalue weighted by Crippen LogP contribution is 2.25. The number of nitrogens with zero attached hydrogens (tertiary/aromatic N) is 4. The molecule has 4 rings (SSSR count). The number of aromatic carboxylic acids is 1. The fraction of sp³-hybridized carbons (Fsp3) is 0.0952. The first-order valence-electron chi connectivity index (χ1n) is 8.97. The molecular formula is C21H17N5O4. The summed E-state index contributed by atoms with van der Waals surface area (Å²) in [6.45, 7) is 1.86. The molecule has 0 bridgehead atoms. The van der Waals surface area contributed by atoms with E-state index in [0.29, 0.717) is 28.5 Å². The minimum absolute atomic E-state index is 0.193. The lowest BCUT2D eigenvalue weighted by Gasteiger charge is -2.08. The molecule has 30 heavy (non-hydrogen) atoms. The third-order valence-electron chi connectivity index (χ3n) is 4.50. The molecule has 0 unspecified atom stereocenters. The van der Waals surface area contributed by atoms with E-state index in [1.165, 1.54) is 19.2 Å². The summed E-state index contributed by atoms with van der Waals surface area (Å²) < 4.78 is 6.59. The number of anilines is 2. The molecule has 1 aromatic carbocycles. The quantitative estimate of drug-likeness (QED) is 0.487. The summed E-state index contributed by atoms with van der Waals surface area (Å²) in [4.78, 5) is 36.2. The van der Waals surface area contributed by atoms with Gasteiger partial charge in [-0.1, -0.05) is 0 Å². The lowest BCUT2D eigenvalue weighted by atomic mass is 10.2. The Balaban J connectivity index is 1.71. The second-order valence-electron chi connectivity index (χ2n) is 6.46. The van der Waals surface area contributed by atoms with Gasteiger partial charge in [0.15, 0.2) is 0 Å². The zero-order valence-corrected chi connectivity index (χ0v) is 16.2. The third-order valence-corrected chi connectivity index (χ3v) is 4.50. The molecule has 0 aliphatic rings. The smallest absolute Gasteiger partial charge is 0.339 e. The van der Waals surface area contributed by atoms with Crippen molar-refractivity contribution in [1.29, 1.82) is 0 Å². The maximum Gasteiger partial charge on any atom is 0.339 e. The number of carboxylic acids is 1. The Morgan fingerprint density at radius 3 is 2.47 bits per heavy atom. The fourth-order valence-corrected chi connectivity index (χ4v) is 3.09. The molecule has 0 spiro atoms. The molecule has 9 nitrogen and oxygen atoms in total. The van der Waals surface area contributed by atoms with Crippen molar-refractivity contribution in [3.63, 3.8) is 0 Å². The van der Waals surface area contributed by atoms with E-state index in [1.54, 1.807) is 47.1 Å². The highest BCUT2D eigenvalue weighted by molar-refractivity contribution is 5.89. The maximum atomic E-state index is 11.9. The van der Waals surface area contributed by atoms with Gasteiger partial charge in [0, 0.05) is 18.1 Å². The number of aromatic nitrogens is 4. The predicted octanol–water partition coefficient (Wildman–Crippen LogP) is 3.33. The van der Waals surface area contributed by atoms with Gasteiger partial charge in [-0.2, -0.15) is 0 Å². The second-order valence-corrected chi connectivity index (χ2v) is 6.46. The van der Waals surface area contributed by atoms with Crippen LogP contribution >= 0.6 is 0 Å². The Hall–Kier alpha value is -4.27. The Kier molecular flexibility index (Phi) is 4.85. The number of ether oxygens (including phenoxy) is 1. The van der Waals surface area contributed by atoms with Crippen LogP contribution in [0.5, 0.6) is 0 Å². The van der Waals surface area contributed by atoms with Crippen LogP contribution in [0.15, 0.2) is 54.9 Å². The van der Waals surface area contributed by atoms with Gasteiger partial charge in [0.05, 0.1) is 35.3 Å². The molecule has 0 saturated carbocycles. The standard InChI is InChI=1S/C21H17N5O4/c1-12-18(26-11-14(20(29)30-2)5-8-17(26)23-12)16-9-10-22-21(25-16)24-15-6-3-13(4-7-15)19(27)28/h3-11H,1-2H3,(H,27,28)(H,22,24,25). The number of benzene rings is 1. The average Bonchev–Trinajstić information content (AvgIpc) is 3.08. The summed E-state index contributed by atoms with van der Waals surface area (Å²) in [5.41, 5.74) is 4.00. The number of fused-ring (bicyclic) bond motifs is 1. The first-order chi connectivity index (χ1) is 14.5. The molecule has 0 aliphatic carbocycles. The zero-order valence-electron chi connectivity index (χ0n) is 16.2. The Morgan fingerprint density at radius 2 is 1.77 bits per heavy atom. The molecular weight excluding hydrogens is 386 g/mol. The minimum Gasteiger partial charge on any atom is -0.478 e. The third kappa shape index (κ3) is 3.55. The summed E-state index contributed by atoms with van der Waals surface area (Å²) in [5, 5.41) is 12.1. The van der Waals surface area contributed by atoms with Crippen molar-refractivity contribution in [2.24, 2.45) is 0 Å². The van der Waals surface area contributed by atoms with Crippen molar-refractivity contribution in [2.45, 2.75) is 6.92 Å². The molecule has 0 fully saturated rings. The van der Waals surface area contributed by atoms with Crippen LogP contribution in [0, 0.1) is 6.92 Å². The van der Waals surface area contributed by atoms with Gasteiger partial charge in [-0.3, -0.25) is 4.40 Å². The number of nitrogens with one attached hydrogen (secondary N) is 1. The van der Waals surface area contributed by atoms with Crippen LogP contribution in [0.4, 0.5) is 11.6 Å². The van der Waals surface area contributed by atoms with E-state index >= 15 is 0 Å². The van der Waals surface area contributed by atoms with Crippen molar-refractivity contribution >= 4 is 29.2 Å². The molecule has 4 aromatic rings. The zero-order chi connectivity index (χ0) is 21.3. The number of aryl methyl sites for hydroxylation is 1. The first kappa shape index (κ1) is 19.1. The number of hydrogen-bond donors (Lipinski definition) is 2. The van der Waals surface area contributed by atoms with Crippen LogP contribution in [0.3, 0.4) is 0 Å². The largest absolute Gasteiger partial charge is 0.478 e. The highest BCUT2D eigenvalue weighted by atomic mass is 16.5. The second kappa shape index (κ2) is 7.63. The topological polar surface area (TPSA) is 119 Å². The van der Waals surface area contributed by atoms with Gasteiger partial charge in [-0.25, -0.2) is 24.5 Å². The summed E-state index contributed by atoms with van der Waals surface area (Å²) in [5.74, 6) is -1.09. The SMILES string of the molecule is COC(=O)c1ccc2nc(C)c(-c3ccnc(Nc4ccc(C(=O)O)cc4)n3)n2c1. The van der Waals surface area contributed by atoms with Gasteiger partial charge >= 0.3 is 11.9 Å². The molecule has 150 valence electrons. The van der Waals surface area contributed by atoms with E-state index < -0.39 is 11.9 Å². The van der Waals surface area contributed by atoms with Crippen molar-refractivity contribution < 1.29 is 19.4 Å². The number of esters is 1. The number of imidazole rings is 1. The van der Waals surface area contributed by atoms with Crippen molar-refractivity contribution in [1.82, 2.24) is 19.4 Å². The lowest BCUT2D eigenvalue weighted by molar-refractivity contribution is 0.0599. The molecule has 0 amide bonds. The average molecular weight is 403 g/mol. The number of carbonyl (C=O) groups excluding carboxylic acids is 1. The van der Waals surface area contributed by atoms with Crippen LogP contribution in [0.1, 0.15) is 26.4 Å². The number of rotatable bonds is 5. The Bertz CT molecular complexity index is 1260. The van der Waals surface area contributed by atoms with Gasteiger partial charge in [0.1, 0.15) is 5.65 Å². The minimum atomic E-state index is -0.991. The first-order valence-corrected chi connectivity index (χ1v) is 8.97. The van der Waals surface area contributed by atoms with Gasteiger partial charge in [-0.15, -0.1) is 0 Å². The van der Waals surface area contributed by atoms with Crippen LogP contribution < -0.4 is 5.32 Å². The number of hydrogen-bond acceptors (Lipinski definition) is 7. The molecule has 2 N–H and O–H groups in total. The molecule has 9 heteroatoms. The van der Waals surface area contributed by atoms with Gasteiger partial charge < -0.3 is 15.2 Å². The summed E-state index contributed by atoms with van der Waals surface area (Å²) in [7, 11) is 1.33. The molecule has 0 radical (unpaired) electrons. The van der Waals surface area contributed by atoms with Crippen LogP contribution in [0.2, 0.25) is 0 Å². The Labute approximate surface area is 171 Å². The normalized spacial score (nSPS) is 10.7. The summed E-state index contributed by atoms with van der Waals surface area (Å²) in [6, 6.07) is 11.4. The van der Waals surface area contributed by atoms with Crippen LogP contribution in [-0.2, 0) is 4.74 Å². The molecule has 0 aliphatic heterocycles. The van der Waals surface area contributed by atoms with Crippen molar-refractivity contribution in [2.75, 3.05) is 12.4 Å². The van der Waals surface area contributed by atoms with Crippen LogP contribution in [-0.4, -0.2) is 43.5 Å². The molecule has 0 saturated heterocycles. The highest BCUT2D eigenvalue weighted by Gasteiger charge is 2.15. The summed E-state index contributed by atoms with van der Waals surface area (Å²) in [6.07, 6.45) is 3.27. The van der Waals surface area contributed by atoms with E-state index in [1.807, 2.05) is 6.92 Å². The molecule has 3 aromatic heterocycles. The summed E-state index contributed by atoms with van der Waals surface area (Å²) >= 11 is 0. The van der Waals surface area contributed by atoms with E-state index in [-0.39, 0.29) is 5.56 Å². The number of pyridine rings is 1. The monoisotopic (exact) mass is 403 g/mol. The van der Waals surface area contributed by atoms with Crippen molar-refractivity contribution in [3.8, 4) is 11.4 Å². The van der Waals surface area contributed by atoms with E-state index in [4.69, 9.17) is 9.84 Å². The maximum absolute atomic E-state index is 11.9. The van der Waals surface area contributed by atoms with E-state index in [9.17, 15) is 9.59 Å². The predicted molar refractivity (Wildman–Crippen MR) is 109 cm³/mol. The van der Waals surface area contributed by atoms with Gasteiger partial charge in [0.25, 0.3) is 0 Å². The van der Waals surface area contributed by atoms with Crippen LogP contribution in [0.25, 0.3) is 17.0 Å². The Morgan fingerprint density at radius 1 is 1.03 bits per heavy atom. The molecule has 0 atom stereocenters. The number of carbonyl (C=O) groups is 2. The molecule has 3 heterocycles. The van der Waals surface area contributed by atoms with E-state index in [2.05, 4.69) is 20.3 Å². The lowest BCUT2D eigenvalue weighted by Crippen LogP contribution is -2.04. The van der Waals surface area contributed by atoms with E-state index in [0.717, 1.165) is 11.4 Å². The number of carboxylic acid groups (broad SMARTS) is 1. The fourth-order valence-electron chi connectivity index (χ4n) is 3.09. The van der Waals surface area contributed by atoms with Gasteiger partial charge in [0.2, 0.25) is 5.95 Å². The number of methoxy groups -OCH3 is 1. The van der Waals surface area contributed by atoms with Crippen molar-refractivity contribution in [3.05, 3.63) is 71.7 Å².